The molecular weight excluding hydrogens is 370 g/mol. The molecule has 2 aromatic carbocycles. The average Bonchev–Trinajstić information content (AvgIpc) is 2.75. The standard InChI is InChI=1S/C23H25NO5/c1-27-18-7-8-21-19(15-18)20(25)16-23(29-21)10-12-24(13-11-23)22(26)9-14-28-17-5-3-2-4-6-17/h2-8,15H,9-14,16H2,1H3. The van der Waals surface area contributed by atoms with Gasteiger partial charge in [0.25, 0.3) is 0 Å². The fourth-order valence-corrected chi connectivity index (χ4v) is 3.97. The van der Waals surface area contributed by atoms with E-state index in [1.54, 1.807) is 25.3 Å². The zero-order valence-corrected chi connectivity index (χ0v) is 16.6. The summed E-state index contributed by atoms with van der Waals surface area (Å²) in [6.07, 6.45) is 1.97. The van der Waals surface area contributed by atoms with Gasteiger partial charge in [0.15, 0.2) is 5.78 Å². The summed E-state index contributed by atoms with van der Waals surface area (Å²) < 4.78 is 17.1. The Morgan fingerprint density at radius 2 is 1.86 bits per heavy atom. The smallest absolute Gasteiger partial charge is 0.226 e. The van der Waals surface area contributed by atoms with Crippen molar-refractivity contribution in [2.75, 3.05) is 26.8 Å². The lowest BCUT2D eigenvalue weighted by molar-refractivity contribution is -0.135. The van der Waals surface area contributed by atoms with Crippen molar-refractivity contribution < 1.29 is 23.8 Å². The second-order valence-corrected chi connectivity index (χ2v) is 7.54. The first-order valence-electron chi connectivity index (χ1n) is 9.94. The zero-order chi connectivity index (χ0) is 20.3. The van der Waals surface area contributed by atoms with Gasteiger partial charge in [-0.15, -0.1) is 0 Å². The van der Waals surface area contributed by atoms with E-state index in [4.69, 9.17) is 14.2 Å². The van der Waals surface area contributed by atoms with Gasteiger partial charge < -0.3 is 19.1 Å². The van der Waals surface area contributed by atoms with Crippen LogP contribution in [0.1, 0.15) is 36.0 Å². The zero-order valence-electron chi connectivity index (χ0n) is 16.6. The van der Waals surface area contributed by atoms with Crippen molar-refractivity contribution in [2.45, 2.75) is 31.3 Å². The summed E-state index contributed by atoms with van der Waals surface area (Å²) in [6, 6.07) is 14.8. The Morgan fingerprint density at radius 1 is 1.10 bits per heavy atom. The van der Waals surface area contributed by atoms with E-state index >= 15 is 0 Å². The minimum Gasteiger partial charge on any atom is -0.497 e. The van der Waals surface area contributed by atoms with Crippen LogP contribution in [0, 0.1) is 0 Å². The molecule has 0 aromatic heterocycles. The molecule has 1 fully saturated rings. The summed E-state index contributed by atoms with van der Waals surface area (Å²) in [5, 5.41) is 0. The monoisotopic (exact) mass is 395 g/mol. The molecule has 2 aliphatic rings. The number of amides is 1. The summed E-state index contributed by atoms with van der Waals surface area (Å²) >= 11 is 0. The van der Waals surface area contributed by atoms with Crippen LogP contribution >= 0.6 is 0 Å². The number of Topliss-reactive ketones (excluding diaryl/α,β-unsaturated/α-hetero) is 1. The number of benzene rings is 2. The Hall–Kier alpha value is -3.02. The van der Waals surface area contributed by atoms with E-state index in [2.05, 4.69) is 0 Å². The molecule has 0 atom stereocenters. The van der Waals surface area contributed by atoms with Crippen LogP contribution in [0.4, 0.5) is 0 Å². The number of ether oxygens (including phenoxy) is 3. The first-order valence-corrected chi connectivity index (χ1v) is 9.94. The first kappa shape index (κ1) is 19.3. The maximum atomic E-state index is 12.7. The molecule has 4 rings (SSSR count). The Bertz CT molecular complexity index is 887. The summed E-state index contributed by atoms with van der Waals surface area (Å²) in [6.45, 7) is 1.53. The Morgan fingerprint density at radius 3 is 2.59 bits per heavy atom. The molecule has 6 heteroatoms. The third kappa shape index (κ3) is 4.21. The number of hydrogen-bond acceptors (Lipinski definition) is 5. The summed E-state index contributed by atoms with van der Waals surface area (Å²) in [5.41, 5.74) is 0.0576. The molecule has 29 heavy (non-hydrogen) atoms. The normalized spacial score (nSPS) is 17.4. The maximum absolute atomic E-state index is 12.7. The number of hydrogen-bond donors (Lipinski definition) is 0. The molecule has 1 saturated heterocycles. The van der Waals surface area contributed by atoms with Gasteiger partial charge in [-0.2, -0.15) is 0 Å². The van der Waals surface area contributed by atoms with Crippen molar-refractivity contribution in [3.63, 3.8) is 0 Å². The average molecular weight is 395 g/mol. The van der Waals surface area contributed by atoms with Gasteiger partial charge in [0.2, 0.25) is 5.91 Å². The summed E-state index contributed by atoms with van der Waals surface area (Å²) in [7, 11) is 1.58. The fourth-order valence-electron chi connectivity index (χ4n) is 3.97. The van der Waals surface area contributed by atoms with E-state index < -0.39 is 5.60 Å². The van der Waals surface area contributed by atoms with Crippen molar-refractivity contribution in [1.82, 2.24) is 4.90 Å². The SMILES string of the molecule is COc1ccc2c(c1)C(=O)CC1(CCN(C(=O)CCOc3ccccc3)CC1)O2. The highest BCUT2D eigenvalue weighted by Crippen LogP contribution is 2.40. The number of likely N-dealkylation sites (tertiary alicyclic amines) is 1. The van der Waals surface area contributed by atoms with Crippen LogP contribution in [0.15, 0.2) is 48.5 Å². The second-order valence-electron chi connectivity index (χ2n) is 7.54. The number of ketones is 1. The maximum Gasteiger partial charge on any atom is 0.226 e. The number of fused-ring (bicyclic) bond motifs is 1. The number of carbonyl (C=O) groups excluding carboxylic acids is 2. The van der Waals surface area contributed by atoms with Gasteiger partial charge in [-0.05, 0) is 30.3 Å². The van der Waals surface area contributed by atoms with Crippen LogP contribution in [-0.2, 0) is 4.79 Å². The molecule has 0 radical (unpaired) electrons. The molecule has 0 bridgehead atoms. The highest BCUT2D eigenvalue weighted by molar-refractivity contribution is 6.00. The molecule has 0 N–H and O–H groups in total. The number of para-hydroxylation sites is 1. The quantitative estimate of drug-likeness (QED) is 0.775. The molecule has 2 aliphatic heterocycles. The minimum absolute atomic E-state index is 0.0705. The molecule has 0 unspecified atom stereocenters. The highest BCUT2D eigenvalue weighted by atomic mass is 16.5. The number of methoxy groups -OCH3 is 1. The Balaban J connectivity index is 1.31. The Kier molecular flexibility index (Phi) is 5.43. The van der Waals surface area contributed by atoms with Crippen LogP contribution in [0.25, 0.3) is 0 Å². The van der Waals surface area contributed by atoms with Gasteiger partial charge in [-0.25, -0.2) is 0 Å². The molecule has 1 amide bonds. The number of piperidine rings is 1. The van der Waals surface area contributed by atoms with E-state index in [0.29, 0.717) is 62.4 Å². The summed E-state index contributed by atoms with van der Waals surface area (Å²) in [4.78, 5) is 27.0. The number of rotatable bonds is 5. The summed E-state index contributed by atoms with van der Waals surface area (Å²) in [5.74, 6) is 2.17. The lowest BCUT2D eigenvalue weighted by Gasteiger charge is -2.44. The molecule has 2 aromatic rings. The fraction of sp³-hybridized carbons (Fsp3) is 0.391. The Labute approximate surface area is 170 Å². The van der Waals surface area contributed by atoms with Crippen LogP contribution in [0.3, 0.4) is 0 Å². The van der Waals surface area contributed by atoms with Crippen molar-refractivity contribution >= 4 is 11.7 Å². The van der Waals surface area contributed by atoms with Crippen molar-refractivity contribution in [2.24, 2.45) is 0 Å². The molecule has 2 heterocycles. The van der Waals surface area contributed by atoms with Gasteiger partial charge >= 0.3 is 0 Å². The predicted molar refractivity (Wildman–Crippen MR) is 108 cm³/mol. The lowest BCUT2D eigenvalue weighted by Crippen LogP contribution is -2.52. The molecule has 0 saturated carbocycles. The van der Waals surface area contributed by atoms with E-state index in [-0.39, 0.29) is 11.7 Å². The van der Waals surface area contributed by atoms with Gasteiger partial charge in [-0.1, -0.05) is 18.2 Å². The van der Waals surface area contributed by atoms with E-state index in [1.807, 2.05) is 35.2 Å². The van der Waals surface area contributed by atoms with Gasteiger partial charge in [-0.3, -0.25) is 9.59 Å². The van der Waals surface area contributed by atoms with Crippen molar-refractivity contribution in [3.8, 4) is 17.2 Å². The molecular formula is C23H25NO5. The van der Waals surface area contributed by atoms with Crippen molar-refractivity contribution in [1.29, 1.82) is 0 Å². The van der Waals surface area contributed by atoms with E-state index in [0.717, 1.165) is 5.75 Å². The van der Waals surface area contributed by atoms with Crippen LogP contribution in [0.2, 0.25) is 0 Å². The minimum atomic E-state index is -0.518. The number of nitrogens with zero attached hydrogens (tertiary/aromatic N) is 1. The van der Waals surface area contributed by atoms with Crippen LogP contribution < -0.4 is 14.2 Å². The highest BCUT2D eigenvalue weighted by Gasteiger charge is 2.43. The van der Waals surface area contributed by atoms with Crippen LogP contribution in [-0.4, -0.2) is 49.0 Å². The predicted octanol–water partition coefficient (Wildman–Crippen LogP) is 3.49. The molecule has 152 valence electrons. The molecule has 1 spiro atoms. The van der Waals surface area contributed by atoms with Crippen LogP contribution in [0.5, 0.6) is 17.2 Å². The van der Waals surface area contributed by atoms with E-state index in [9.17, 15) is 9.59 Å². The van der Waals surface area contributed by atoms with Gasteiger partial charge in [0, 0.05) is 25.9 Å². The molecule has 0 aliphatic carbocycles. The van der Waals surface area contributed by atoms with Gasteiger partial charge in [0.05, 0.1) is 32.1 Å². The van der Waals surface area contributed by atoms with Gasteiger partial charge in [0.1, 0.15) is 22.8 Å². The molecule has 6 nitrogen and oxygen atoms in total. The lowest BCUT2D eigenvalue weighted by atomic mass is 9.82. The first-order chi connectivity index (χ1) is 14.1. The third-order valence-corrected chi connectivity index (χ3v) is 5.65. The third-order valence-electron chi connectivity index (χ3n) is 5.65. The van der Waals surface area contributed by atoms with Crippen molar-refractivity contribution in [3.05, 3.63) is 54.1 Å². The largest absolute Gasteiger partial charge is 0.497 e. The topological polar surface area (TPSA) is 65.1 Å². The number of carbonyl (C=O) groups is 2. The van der Waals surface area contributed by atoms with E-state index in [1.165, 1.54) is 0 Å². The second kappa shape index (κ2) is 8.15.